The van der Waals surface area contributed by atoms with E-state index in [2.05, 4.69) is 20.6 Å². The first-order valence-electron chi connectivity index (χ1n) is 10.6. The van der Waals surface area contributed by atoms with Crippen molar-refractivity contribution in [2.24, 2.45) is 0 Å². The molecule has 4 rings (SSSR count). The van der Waals surface area contributed by atoms with E-state index in [1.807, 2.05) is 12.1 Å². The maximum atomic E-state index is 12.9. The normalized spacial score (nSPS) is 11.1. The predicted octanol–water partition coefficient (Wildman–Crippen LogP) is 6.07. The summed E-state index contributed by atoms with van der Waals surface area (Å²) in [6, 6.07) is 18.9. The molecule has 8 heteroatoms. The second kappa shape index (κ2) is 10.2. The van der Waals surface area contributed by atoms with Gasteiger partial charge in [-0.2, -0.15) is 13.2 Å². The van der Waals surface area contributed by atoms with E-state index in [0.29, 0.717) is 28.9 Å². The van der Waals surface area contributed by atoms with E-state index in [4.69, 9.17) is 0 Å². The molecule has 0 saturated carbocycles. The molecule has 0 fully saturated rings. The molecular weight excluding hydrogens is 441 g/mol. The Morgan fingerprint density at radius 1 is 0.853 bits per heavy atom. The van der Waals surface area contributed by atoms with Crippen LogP contribution in [0.4, 0.5) is 24.5 Å². The van der Waals surface area contributed by atoms with Crippen molar-refractivity contribution < 1.29 is 18.0 Å². The van der Waals surface area contributed by atoms with E-state index in [1.165, 1.54) is 12.1 Å². The van der Waals surface area contributed by atoms with Crippen LogP contribution in [0.1, 0.15) is 21.6 Å². The van der Waals surface area contributed by atoms with Crippen molar-refractivity contribution in [1.82, 2.24) is 9.97 Å². The van der Waals surface area contributed by atoms with Gasteiger partial charge in [-0.05, 0) is 53.6 Å². The van der Waals surface area contributed by atoms with Crippen LogP contribution in [0.3, 0.4) is 0 Å². The molecule has 34 heavy (non-hydrogen) atoms. The van der Waals surface area contributed by atoms with Gasteiger partial charge in [-0.15, -0.1) is 0 Å². The summed E-state index contributed by atoms with van der Waals surface area (Å²) < 4.78 is 38.6. The summed E-state index contributed by atoms with van der Waals surface area (Å²) in [4.78, 5) is 21.2. The Bertz CT molecular complexity index is 1240. The van der Waals surface area contributed by atoms with Gasteiger partial charge >= 0.3 is 6.18 Å². The van der Waals surface area contributed by atoms with Crippen LogP contribution in [0.5, 0.6) is 0 Å². The number of anilines is 2. The van der Waals surface area contributed by atoms with Crippen LogP contribution in [0.25, 0.3) is 11.1 Å². The third kappa shape index (κ3) is 5.78. The summed E-state index contributed by atoms with van der Waals surface area (Å²) in [6.45, 7) is 0.685. The highest BCUT2D eigenvalue weighted by molar-refractivity contribution is 6.08. The maximum Gasteiger partial charge on any atom is 0.416 e. The molecule has 4 aromatic rings. The molecule has 1 heterocycles. The SMILES string of the molecule is O=C(Nc1ccc(NCCc2cnccn2)cc1)c1ccccc1-c1ccc(C(F)(F)F)cc1. The topological polar surface area (TPSA) is 66.9 Å². The minimum absolute atomic E-state index is 0.348. The van der Waals surface area contributed by atoms with Gasteiger partial charge in [-0.25, -0.2) is 0 Å². The number of hydrogen-bond acceptors (Lipinski definition) is 4. The second-order valence-electron chi connectivity index (χ2n) is 7.53. The van der Waals surface area contributed by atoms with Gasteiger partial charge in [0, 0.05) is 48.5 Å². The molecule has 0 atom stereocenters. The Morgan fingerprint density at radius 3 is 2.24 bits per heavy atom. The van der Waals surface area contributed by atoms with Gasteiger partial charge in [0.2, 0.25) is 0 Å². The zero-order valence-electron chi connectivity index (χ0n) is 18.0. The lowest BCUT2D eigenvalue weighted by Crippen LogP contribution is -2.13. The van der Waals surface area contributed by atoms with E-state index in [1.54, 1.807) is 55.0 Å². The van der Waals surface area contributed by atoms with Crippen molar-refractivity contribution in [3.63, 3.8) is 0 Å². The van der Waals surface area contributed by atoms with Gasteiger partial charge in [-0.1, -0.05) is 30.3 Å². The molecule has 0 unspecified atom stereocenters. The number of alkyl halides is 3. The first-order chi connectivity index (χ1) is 16.4. The molecule has 0 bridgehead atoms. The van der Waals surface area contributed by atoms with E-state index in [-0.39, 0.29) is 5.91 Å². The zero-order valence-corrected chi connectivity index (χ0v) is 18.0. The predicted molar refractivity (Wildman–Crippen MR) is 126 cm³/mol. The quantitative estimate of drug-likeness (QED) is 0.350. The van der Waals surface area contributed by atoms with Gasteiger partial charge in [0.1, 0.15) is 0 Å². The molecule has 0 radical (unpaired) electrons. The molecule has 1 aromatic heterocycles. The Kier molecular flexibility index (Phi) is 6.87. The molecule has 2 N–H and O–H groups in total. The smallest absolute Gasteiger partial charge is 0.385 e. The van der Waals surface area contributed by atoms with Crippen molar-refractivity contribution >= 4 is 17.3 Å². The highest BCUT2D eigenvalue weighted by Gasteiger charge is 2.30. The van der Waals surface area contributed by atoms with Crippen molar-refractivity contribution in [3.8, 4) is 11.1 Å². The molecule has 0 aliphatic rings. The molecule has 0 aliphatic heterocycles. The average Bonchev–Trinajstić information content (AvgIpc) is 2.85. The Balaban J connectivity index is 1.41. The molecule has 1 amide bonds. The maximum absolute atomic E-state index is 12.9. The monoisotopic (exact) mass is 462 g/mol. The van der Waals surface area contributed by atoms with Gasteiger partial charge in [-0.3, -0.25) is 14.8 Å². The molecule has 0 aliphatic carbocycles. The van der Waals surface area contributed by atoms with E-state index in [9.17, 15) is 18.0 Å². The number of nitrogens with one attached hydrogen (secondary N) is 2. The number of halogens is 3. The molecular formula is C26H21F3N4O. The molecule has 5 nitrogen and oxygen atoms in total. The Hall–Kier alpha value is -4.20. The van der Waals surface area contributed by atoms with Crippen LogP contribution in [0.2, 0.25) is 0 Å². The number of nitrogens with zero attached hydrogens (tertiary/aromatic N) is 2. The van der Waals surface area contributed by atoms with Gasteiger partial charge in [0.25, 0.3) is 5.91 Å². The molecule has 0 saturated heterocycles. The van der Waals surface area contributed by atoms with Crippen LogP contribution in [0.15, 0.2) is 91.4 Å². The standard InChI is InChI=1S/C26H21F3N4O/c27-26(28,29)19-7-5-18(6-8-19)23-3-1-2-4-24(23)25(34)33-21-11-9-20(10-12-21)31-14-13-22-17-30-15-16-32-22/h1-12,15-17,31H,13-14H2,(H,33,34). The summed E-state index contributed by atoms with van der Waals surface area (Å²) in [5, 5.41) is 6.14. The lowest BCUT2D eigenvalue weighted by molar-refractivity contribution is -0.137. The van der Waals surface area contributed by atoms with Gasteiger partial charge in [0.05, 0.1) is 11.3 Å². The average molecular weight is 462 g/mol. The Morgan fingerprint density at radius 2 is 1.56 bits per heavy atom. The largest absolute Gasteiger partial charge is 0.416 e. The number of carbonyl (C=O) groups excluding carboxylic acids is 1. The molecule has 3 aromatic carbocycles. The highest BCUT2D eigenvalue weighted by Crippen LogP contribution is 2.32. The summed E-state index contributed by atoms with van der Waals surface area (Å²) in [6.07, 6.45) is 1.33. The fourth-order valence-corrected chi connectivity index (χ4v) is 3.44. The van der Waals surface area contributed by atoms with Crippen LogP contribution < -0.4 is 10.6 Å². The number of carbonyl (C=O) groups is 1. The minimum atomic E-state index is -4.41. The summed E-state index contributed by atoms with van der Waals surface area (Å²) >= 11 is 0. The second-order valence-corrected chi connectivity index (χ2v) is 7.53. The fourth-order valence-electron chi connectivity index (χ4n) is 3.44. The zero-order chi connectivity index (χ0) is 24.0. The van der Waals surface area contributed by atoms with Crippen molar-refractivity contribution in [1.29, 1.82) is 0 Å². The Labute approximate surface area is 194 Å². The fraction of sp³-hybridized carbons (Fsp3) is 0.115. The lowest BCUT2D eigenvalue weighted by Gasteiger charge is -2.12. The number of rotatable bonds is 7. The number of amides is 1. The van der Waals surface area contributed by atoms with Gasteiger partial charge in [0.15, 0.2) is 0 Å². The van der Waals surface area contributed by atoms with Crippen LogP contribution in [-0.4, -0.2) is 22.4 Å². The first-order valence-corrected chi connectivity index (χ1v) is 10.6. The third-order valence-corrected chi connectivity index (χ3v) is 5.16. The molecule has 172 valence electrons. The third-order valence-electron chi connectivity index (χ3n) is 5.16. The number of benzene rings is 3. The van der Waals surface area contributed by atoms with Crippen LogP contribution in [0, 0.1) is 0 Å². The lowest BCUT2D eigenvalue weighted by atomic mass is 9.98. The number of hydrogen-bond donors (Lipinski definition) is 2. The van der Waals surface area contributed by atoms with Crippen molar-refractivity contribution in [2.75, 3.05) is 17.2 Å². The van der Waals surface area contributed by atoms with E-state index in [0.717, 1.165) is 29.9 Å². The van der Waals surface area contributed by atoms with E-state index >= 15 is 0 Å². The summed E-state index contributed by atoms with van der Waals surface area (Å²) in [5.74, 6) is -0.348. The van der Waals surface area contributed by atoms with Crippen molar-refractivity contribution in [3.05, 3.63) is 108 Å². The summed E-state index contributed by atoms with van der Waals surface area (Å²) in [7, 11) is 0. The van der Waals surface area contributed by atoms with E-state index < -0.39 is 11.7 Å². The molecule has 0 spiro atoms. The van der Waals surface area contributed by atoms with Crippen LogP contribution in [-0.2, 0) is 12.6 Å². The minimum Gasteiger partial charge on any atom is -0.385 e. The summed E-state index contributed by atoms with van der Waals surface area (Å²) in [5.41, 5.74) is 3.11. The highest BCUT2D eigenvalue weighted by atomic mass is 19.4. The van der Waals surface area contributed by atoms with Crippen molar-refractivity contribution in [2.45, 2.75) is 12.6 Å². The van der Waals surface area contributed by atoms with Crippen LogP contribution >= 0.6 is 0 Å². The first kappa shape index (κ1) is 23.0. The van der Waals surface area contributed by atoms with Gasteiger partial charge < -0.3 is 10.6 Å². The number of aromatic nitrogens is 2.